The molecule has 4 nitrogen and oxygen atoms in total. The number of sulfone groups is 1. The summed E-state index contributed by atoms with van der Waals surface area (Å²) < 4.78 is 35.9. The summed E-state index contributed by atoms with van der Waals surface area (Å²) in [6.45, 7) is 0. The number of rotatable bonds is 5. The van der Waals surface area contributed by atoms with Crippen molar-refractivity contribution in [3.63, 3.8) is 0 Å². The fraction of sp³-hybridized carbons (Fsp3) is 0.462. The van der Waals surface area contributed by atoms with E-state index in [2.05, 4.69) is 5.32 Å². The first-order valence-corrected chi connectivity index (χ1v) is 9.14. The Morgan fingerprint density at radius 2 is 2.15 bits per heavy atom. The molecule has 0 unspecified atom stereocenters. The lowest BCUT2D eigenvalue weighted by Gasteiger charge is -2.10. The van der Waals surface area contributed by atoms with E-state index in [4.69, 9.17) is 0 Å². The molecule has 1 amide bonds. The van der Waals surface area contributed by atoms with Crippen LogP contribution in [0.4, 0.5) is 4.39 Å². The molecule has 1 heterocycles. The molecule has 0 aromatic heterocycles. The molecule has 1 atom stereocenters. The van der Waals surface area contributed by atoms with E-state index < -0.39 is 9.84 Å². The summed E-state index contributed by atoms with van der Waals surface area (Å²) >= 11 is 1.28. The number of nitrogens with one attached hydrogen (secondary N) is 1. The van der Waals surface area contributed by atoms with Crippen LogP contribution in [0.5, 0.6) is 0 Å². The van der Waals surface area contributed by atoms with Gasteiger partial charge in [0.15, 0.2) is 9.84 Å². The van der Waals surface area contributed by atoms with Gasteiger partial charge in [0.25, 0.3) is 0 Å². The van der Waals surface area contributed by atoms with E-state index in [0.717, 1.165) is 0 Å². The normalized spacial score (nSPS) is 20.8. The molecule has 7 heteroatoms. The molecule has 1 saturated heterocycles. The Balaban J connectivity index is 1.72. The average molecular weight is 317 g/mol. The first-order valence-electron chi connectivity index (χ1n) is 6.33. The maximum absolute atomic E-state index is 13.3. The molecule has 1 aromatic rings. The summed E-state index contributed by atoms with van der Waals surface area (Å²) in [5.74, 6) is 0.156. The van der Waals surface area contributed by atoms with Gasteiger partial charge in [0, 0.05) is 23.1 Å². The van der Waals surface area contributed by atoms with E-state index in [0.29, 0.717) is 17.1 Å². The molecule has 1 aromatic carbocycles. The Morgan fingerprint density at radius 1 is 1.40 bits per heavy atom. The predicted molar refractivity (Wildman–Crippen MR) is 76.9 cm³/mol. The van der Waals surface area contributed by atoms with Gasteiger partial charge < -0.3 is 5.32 Å². The Bertz CT molecular complexity index is 589. The van der Waals surface area contributed by atoms with Crippen molar-refractivity contribution < 1.29 is 17.6 Å². The largest absolute Gasteiger partial charge is 0.352 e. The van der Waals surface area contributed by atoms with Gasteiger partial charge in [-0.05, 0) is 18.6 Å². The van der Waals surface area contributed by atoms with Gasteiger partial charge in [0.2, 0.25) is 5.91 Å². The Hall–Kier alpha value is -1.08. The number of benzene rings is 1. The predicted octanol–water partition coefficient (Wildman–Crippen LogP) is 1.61. The van der Waals surface area contributed by atoms with E-state index >= 15 is 0 Å². The van der Waals surface area contributed by atoms with Crippen LogP contribution in [0, 0.1) is 5.82 Å². The Labute approximate surface area is 122 Å². The van der Waals surface area contributed by atoms with Crippen molar-refractivity contribution in [2.45, 2.75) is 23.8 Å². The first kappa shape index (κ1) is 15.3. The van der Waals surface area contributed by atoms with E-state index in [1.54, 1.807) is 18.2 Å². The number of hydrogen-bond acceptors (Lipinski definition) is 4. The van der Waals surface area contributed by atoms with Crippen LogP contribution in [0.1, 0.15) is 12.8 Å². The lowest BCUT2D eigenvalue weighted by molar-refractivity contribution is -0.121. The molecule has 1 aliphatic heterocycles. The highest BCUT2D eigenvalue weighted by Crippen LogP contribution is 2.21. The second-order valence-corrected chi connectivity index (χ2v) is 8.06. The summed E-state index contributed by atoms with van der Waals surface area (Å²) in [4.78, 5) is 12.2. The molecule has 110 valence electrons. The van der Waals surface area contributed by atoms with Crippen molar-refractivity contribution in [1.29, 1.82) is 0 Å². The lowest BCUT2D eigenvalue weighted by Crippen LogP contribution is -2.35. The van der Waals surface area contributed by atoms with Gasteiger partial charge >= 0.3 is 0 Å². The third kappa shape index (κ3) is 4.49. The molecule has 0 saturated carbocycles. The van der Waals surface area contributed by atoms with Gasteiger partial charge in [-0.25, -0.2) is 12.8 Å². The molecule has 2 rings (SSSR count). The zero-order valence-corrected chi connectivity index (χ0v) is 12.5. The van der Waals surface area contributed by atoms with Crippen LogP contribution in [0.25, 0.3) is 0 Å². The second kappa shape index (κ2) is 6.58. The van der Waals surface area contributed by atoms with Gasteiger partial charge in [-0.1, -0.05) is 12.1 Å². The maximum Gasteiger partial charge on any atom is 0.221 e. The molecule has 0 radical (unpaired) electrons. The van der Waals surface area contributed by atoms with Crippen molar-refractivity contribution in [2.24, 2.45) is 0 Å². The number of thioether (sulfide) groups is 1. The first-order chi connectivity index (χ1) is 9.46. The van der Waals surface area contributed by atoms with Crippen LogP contribution in [0.2, 0.25) is 0 Å². The maximum atomic E-state index is 13.3. The van der Waals surface area contributed by atoms with Gasteiger partial charge in [0.05, 0.1) is 11.5 Å². The van der Waals surface area contributed by atoms with Gasteiger partial charge in [-0.3, -0.25) is 4.79 Å². The fourth-order valence-corrected chi connectivity index (χ4v) is 4.59. The molecule has 0 aliphatic carbocycles. The van der Waals surface area contributed by atoms with Crippen molar-refractivity contribution in [2.75, 3.05) is 17.3 Å². The quantitative estimate of drug-likeness (QED) is 0.838. The topological polar surface area (TPSA) is 63.2 Å². The summed E-state index contributed by atoms with van der Waals surface area (Å²) in [5, 5.41) is 2.71. The molecule has 0 spiro atoms. The fourth-order valence-electron chi connectivity index (χ4n) is 2.02. The standard InChI is InChI=1S/C13H16FNO3S2/c14-11-3-1-2-4-12(11)19-7-5-13(16)15-10-6-8-20(17,18)9-10/h1-4,10H,5-9H2,(H,15,16)/t10-/m1/s1. The summed E-state index contributed by atoms with van der Waals surface area (Å²) in [5.41, 5.74) is 0. The monoisotopic (exact) mass is 317 g/mol. The van der Waals surface area contributed by atoms with Crippen LogP contribution in [0.15, 0.2) is 29.2 Å². The lowest BCUT2D eigenvalue weighted by atomic mass is 10.2. The van der Waals surface area contributed by atoms with Crippen molar-refractivity contribution >= 4 is 27.5 Å². The summed E-state index contributed by atoms with van der Waals surface area (Å²) in [6.07, 6.45) is 0.726. The minimum Gasteiger partial charge on any atom is -0.352 e. The highest BCUT2D eigenvalue weighted by Gasteiger charge is 2.28. The third-order valence-corrected chi connectivity index (χ3v) is 5.84. The van der Waals surface area contributed by atoms with E-state index in [1.165, 1.54) is 17.8 Å². The van der Waals surface area contributed by atoms with Gasteiger partial charge in [-0.15, -0.1) is 11.8 Å². The minimum atomic E-state index is -2.98. The molecule has 1 aliphatic rings. The van der Waals surface area contributed by atoms with Crippen LogP contribution in [-0.4, -0.2) is 37.6 Å². The van der Waals surface area contributed by atoms with E-state index in [-0.39, 0.29) is 35.7 Å². The summed E-state index contributed by atoms with van der Waals surface area (Å²) in [7, 11) is -2.98. The van der Waals surface area contributed by atoms with E-state index in [9.17, 15) is 17.6 Å². The number of amides is 1. The Morgan fingerprint density at radius 3 is 2.80 bits per heavy atom. The van der Waals surface area contributed by atoms with Crippen LogP contribution >= 0.6 is 11.8 Å². The zero-order valence-electron chi connectivity index (χ0n) is 10.8. The number of halogens is 1. The molecule has 20 heavy (non-hydrogen) atoms. The molecule has 1 N–H and O–H groups in total. The van der Waals surface area contributed by atoms with Gasteiger partial charge in [-0.2, -0.15) is 0 Å². The second-order valence-electron chi connectivity index (χ2n) is 4.70. The molecule has 0 bridgehead atoms. The van der Waals surface area contributed by atoms with Crippen LogP contribution in [0.3, 0.4) is 0 Å². The van der Waals surface area contributed by atoms with Crippen LogP contribution in [-0.2, 0) is 14.6 Å². The number of carbonyl (C=O) groups is 1. The van der Waals surface area contributed by atoms with Crippen molar-refractivity contribution in [1.82, 2.24) is 5.32 Å². The third-order valence-electron chi connectivity index (χ3n) is 3.02. The molecular formula is C13H16FNO3S2. The SMILES string of the molecule is O=C(CCSc1ccccc1F)N[C@@H]1CCS(=O)(=O)C1. The minimum absolute atomic E-state index is 0.0270. The van der Waals surface area contributed by atoms with Crippen molar-refractivity contribution in [3.05, 3.63) is 30.1 Å². The zero-order chi connectivity index (χ0) is 14.6. The summed E-state index contributed by atoms with van der Waals surface area (Å²) in [6, 6.07) is 6.14. The Kier molecular flexibility index (Phi) is 5.04. The van der Waals surface area contributed by atoms with Crippen molar-refractivity contribution in [3.8, 4) is 0 Å². The highest BCUT2D eigenvalue weighted by molar-refractivity contribution is 7.99. The number of hydrogen-bond donors (Lipinski definition) is 1. The van der Waals surface area contributed by atoms with Crippen LogP contribution < -0.4 is 5.32 Å². The molecular weight excluding hydrogens is 301 g/mol. The van der Waals surface area contributed by atoms with Gasteiger partial charge in [0.1, 0.15) is 5.82 Å². The smallest absolute Gasteiger partial charge is 0.221 e. The van der Waals surface area contributed by atoms with E-state index in [1.807, 2.05) is 0 Å². The average Bonchev–Trinajstić information content (AvgIpc) is 2.71. The highest BCUT2D eigenvalue weighted by atomic mass is 32.2. The number of carbonyl (C=O) groups excluding carboxylic acids is 1. The molecule has 1 fully saturated rings.